The van der Waals surface area contributed by atoms with Gasteiger partial charge in [-0.15, -0.1) is 0 Å². The fourth-order valence-corrected chi connectivity index (χ4v) is 5.29. The van der Waals surface area contributed by atoms with E-state index < -0.39 is 10.0 Å². The Morgan fingerprint density at radius 2 is 1.84 bits per heavy atom. The van der Waals surface area contributed by atoms with Crippen LogP contribution in [-0.2, 0) is 21.2 Å². The molecule has 0 saturated carbocycles. The van der Waals surface area contributed by atoms with Gasteiger partial charge in [0.15, 0.2) is 11.5 Å². The lowest BCUT2D eigenvalue weighted by molar-refractivity contribution is -0.126. The molecule has 0 spiro atoms. The molecule has 168 valence electrons. The van der Waals surface area contributed by atoms with Gasteiger partial charge in [-0.2, -0.15) is 4.31 Å². The van der Waals surface area contributed by atoms with E-state index in [1.54, 1.807) is 26.4 Å². The van der Waals surface area contributed by atoms with Crippen molar-refractivity contribution in [2.45, 2.75) is 24.2 Å². The minimum absolute atomic E-state index is 0.128. The Labute approximate surface area is 188 Å². The number of rotatable bonds is 8. The van der Waals surface area contributed by atoms with Crippen LogP contribution in [0, 0.1) is 5.92 Å². The molecular formula is C22H27ClN2O5S. The highest BCUT2D eigenvalue weighted by atomic mass is 35.5. The first-order chi connectivity index (χ1) is 14.8. The van der Waals surface area contributed by atoms with Crippen molar-refractivity contribution in [2.75, 3.05) is 33.9 Å². The van der Waals surface area contributed by atoms with Crippen LogP contribution < -0.4 is 14.8 Å². The number of carbonyl (C=O) groups excluding carboxylic acids is 1. The van der Waals surface area contributed by atoms with Crippen LogP contribution in [0.25, 0.3) is 0 Å². The number of piperidine rings is 1. The molecule has 1 atom stereocenters. The number of ether oxygens (including phenoxy) is 2. The Kier molecular flexibility index (Phi) is 7.80. The Morgan fingerprint density at radius 1 is 1.13 bits per heavy atom. The SMILES string of the molecule is COc1ccc(CCNC(=O)C2CCCN(S(=O)(=O)c3ccc(Cl)cc3)C2)cc1OC. The molecule has 7 nitrogen and oxygen atoms in total. The van der Waals surface area contributed by atoms with Gasteiger partial charge in [-0.25, -0.2) is 8.42 Å². The van der Waals surface area contributed by atoms with E-state index in [2.05, 4.69) is 5.32 Å². The van der Waals surface area contributed by atoms with Crippen molar-refractivity contribution in [3.63, 3.8) is 0 Å². The van der Waals surface area contributed by atoms with Gasteiger partial charge in [-0.3, -0.25) is 4.79 Å². The van der Waals surface area contributed by atoms with Crippen molar-refractivity contribution in [1.29, 1.82) is 0 Å². The third-order valence-corrected chi connectivity index (χ3v) is 7.50. The standard InChI is InChI=1S/C22H27ClN2O5S/c1-29-20-10-5-16(14-21(20)30-2)11-12-24-22(26)17-4-3-13-25(15-17)31(27,28)19-8-6-18(23)7-9-19/h5-10,14,17H,3-4,11-13,15H2,1-2H3,(H,24,26). The topological polar surface area (TPSA) is 84.9 Å². The van der Waals surface area contributed by atoms with Gasteiger partial charge in [0.05, 0.1) is 25.0 Å². The summed E-state index contributed by atoms with van der Waals surface area (Å²) < 4.78 is 37.7. The molecule has 0 aliphatic carbocycles. The van der Waals surface area contributed by atoms with E-state index in [4.69, 9.17) is 21.1 Å². The van der Waals surface area contributed by atoms with Crippen LogP contribution in [0.15, 0.2) is 47.4 Å². The summed E-state index contributed by atoms with van der Waals surface area (Å²) in [6, 6.07) is 11.7. The molecule has 31 heavy (non-hydrogen) atoms. The first-order valence-electron chi connectivity index (χ1n) is 10.1. The highest BCUT2D eigenvalue weighted by Gasteiger charge is 2.33. The molecule has 2 aromatic carbocycles. The molecular weight excluding hydrogens is 440 g/mol. The van der Waals surface area contributed by atoms with Crippen molar-refractivity contribution >= 4 is 27.5 Å². The summed E-state index contributed by atoms with van der Waals surface area (Å²) in [5, 5.41) is 3.41. The van der Waals surface area contributed by atoms with Gasteiger partial charge >= 0.3 is 0 Å². The molecule has 9 heteroatoms. The molecule has 0 radical (unpaired) electrons. The zero-order valence-corrected chi connectivity index (χ0v) is 19.2. The number of hydrogen-bond donors (Lipinski definition) is 1. The fourth-order valence-electron chi connectivity index (χ4n) is 3.64. The number of sulfonamides is 1. The van der Waals surface area contributed by atoms with E-state index in [-0.39, 0.29) is 23.3 Å². The molecule has 3 rings (SSSR count). The molecule has 1 heterocycles. The van der Waals surface area contributed by atoms with E-state index in [0.29, 0.717) is 48.9 Å². The van der Waals surface area contributed by atoms with Crippen LogP contribution in [0.4, 0.5) is 0 Å². The molecule has 1 unspecified atom stereocenters. The van der Waals surface area contributed by atoms with E-state index in [0.717, 1.165) is 5.56 Å². The third kappa shape index (κ3) is 5.70. The Hall–Kier alpha value is -2.29. The first kappa shape index (κ1) is 23.4. The van der Waals surface area contributed by atoms with Gasteiger partial charge < -0.3 is 14.8 Å². The average Bonchev–Trinajstić information content (AvgIpc) is 2.79. The van der Waals surface area contributed by atoms with Gasteiger partial charge in [0.2, 0.25) is 15.9 Å². The molecule has 1 aliphatic rings. The largest absolute Gasteiger partial charge is 0.493 e. The summed E-state index contributed by atoms with van der Waals surface area (Å²) in [5.74, 6) is 0.791. The smallest absolute Gasteiger partial charge is 0.243 e. The Bertz CT molecular complexity index is 1010. The summed E-state index contributed by atoms with van der Waals surface area (Å²) in [7, 11) is -0.493. The number of halogens is 1. The van der Waals surface area contributed by atoms with Gasteiger partial charge in [0, 0.05) is 24.7 Å². The second-order valence-corrected chi connectivity index (χ2v) is 9.76. The summed E-state index contributed by atoms with van der Waals surface area (Å²) in [6.45, 7) is 1.03. The van der Waals surface area contributed by atoms with E-state index in [1.165, 1.54) is 16.4 Å². The molecule has 0 aromatic heterocycles. The average molecular weight is 467 g/mol. The second kappa shape index (κ2) is 10.3. The number of benzene rings is 2. The van der Waals surface area contributed by atoms with Crippen molar-refractivity contribution in [3.05, 3.63) is 53.1 Å². The number of nitrogens with zero attached hydrogens (tertiary/aromatic N) is 1. The number of amides is 1. The summed E-state index contributed by atoms with van der Waals surface area (Å²) in [4.78, 5) is 12.9. The van der Waals surface area contributed by atoms with Crippen LogP contribution in [-0.4, -0.2) is 52.5 Å². The third-order valence-electron chi connectivity index (χ3n) is 5.37. The van der Waals surface area contributed by atoms with Crippen molar-refractivity contribution < 1.29 is 22.7 Å². The zero-order valence-electron chi connectivity index (χ0n) is 17.6. The number of hydrogen-bond acceptors (Lipinski definition) is 5. The van der Waals surface area contributed by atoms with Gasteiger partial charge in [-0.05, 0) is 61.2 Å². The molecule has 1 N–H and O–H groups in total. The second-order valence-electron chi connectivity index (χ2n) is 7.39. The Balaban J connectivity index is 1.57. The van der Waals surface area contributed by atoms with Gasteiger partial charge in [0.1, 0.15) is 0 Å². The lowest BCUT2D eigenvalue weighted by Gasteiger charge is -2.31. The monoisotopic (exact) mass is 466 g/mol. The van der Waals surface area contributed by atoms with Crippen molar-refractivity contribution in [1.82, 2.24) is 9.62 Å². The molecule has 2 aromatic rings. The minimum Gasteiger partial charge on any atom is -0.493 e. The maximum Gasteiger partial charge on any atom is 0.243 e. The van der Waals surface area contributed by atoms with Crippen molar-refractivity contribution in [2.24, 2.45) is 5.92 Å². The predicted molar refractivity (Wildman–Crippen MR) is 119 cm³/mol. The maximum atomic E-state index is 12.9. The van der Waals surface area contributed by atoms with Crippen molar-refractivity contribution in [3.8, 4) is 11.5 Å². The maximum absolute atomic E-state index is 12.9. The fraction of sp³-hybridized carbons (Fsp3) is 0.409. The quantitative estimate of drug-likeness (QED) is 0.646. The molecule has 1 fully saturated rings. The van der Waals surface area contributed by atoms with Crippen LogP contribution in [0.3, 0.4) is 0 Å². The number of carbonyl (C=O) groups is 1. The van der Waals surface area contributed by atoms with Crippen LogP contribution in [0.5, 0.6) is 11.5 Å². The lowest BCUT2D eigenvalue weighted by Crippen LogP contribution is -2.45. The van der Waals surface area contributed by atoms with Crippen LogP contribution >= 0.6 is 11.6 Å². The van der Waals surface area contributed by atoms with Crippen LogP contribution in [0.1, 0.15) is 18.4 Å². The molecule has 1 aliphatic heterocycles. The zero-order chi connectivity index (χ0) is 22.4. The number of methoxy groups -OCH3 is 2. The summed E-state index contributed by atoms with van der Waals surface area (Å²) >= 11 is 5.86. The molecule has 1 amide bonds. The highest BCUT2D eigenvalue weighted by Crippen LogP contribution is 2.28. The minimum atomic E-state index is -3.65. The normalized spacial score (nSPS) is 17.2. The van der Waals surface area contributed by atoms with Crippen LogP contribution in [0.2, 0.25) is 5.02 Å². The highest BCUT2D eigenvalue weighted by molar-refractivity contribution is 7.89. The molecule has 0 bridgehead atoms. The van der Waals surface area contributed by atoms with Gasteiger partial charge in [-0.1, -0.05) is 17.7 Å². The predicted octanol–water partition coefficient (Wildman–Crippen LogP) is 3.12. The first-order valence-corrected chi connectivity index (χ1v) is 11.9. The summed E-state index contributed by atoms with van der Waals surface area (Å²) in [5.41, 5.74) is 1.01. The Morgan fingerprint density at radius 3 is 2.52 bits per heavy atom. The summed E-state index contributed by atoms with van der Waals surface area (Å²) in [6.07, 6.45) is 1.93. The lowest BCUT2D eigenvalue weighted by atomic mass is 9.99. The molecule has 1 saturated heterocycles. The van der Waals surface area contributed by atoms with Gasteiger partial charge in [0.25, 0.3) is 0 Å². The van der Waals surface area contributed by atoms with E-state index in [9.17, 15) is 13.2 Å². The van der Waals surface area contributed by atoms with E-state index in [1.807, 2.05) is 18.2 Å². The van der Waals surface area contributed by atoms with E-state index >= 15 is 0 Å². The number of nitrogens with one attached hydrogen (secondary N) is 1.